The van der Waals surface area contributed by atoms with E-state index in [2.05, 4.69) is 24.1 Å². The fourth-order valence-electron chi connectivity index (χ4n) is 3.31. The third kappa shape index (κ3) is 4.79. The lowest BCUT2D eigenvalue weighted by molar-refractivity contribution is 0.252. The summed E-state index contributed by atoms with van der Waals surface area (Å²) in [6, 6.07) is 8.02. The van der Waals surface area contributed by atoms with Crippen LogP contribution in [0.5, 0.6) is 0 Å². The van der Waals surface area contributed by atoms with Gasteiger partial charge < -0.3 is 5.32 Å². The molecule has 1 heterocycles. The molecule has 1 saturated heterocycles. The number of hydrogen-bond donors (Lipinski definition) is 1. The number of rotatable bonds is 8. The fourth-order valence-corrected chi connectivity index (χ4v) is 3.31. The van der Waals surface area contributed by atoms with Gasteiger partial charge in [-0.25, -0.2) is 4.39 Å². The van der Waals surface area contributed by atoms with Gasteiger partial charge in [-0.05, 0) is 50.0 Å². The molecule has 0 saturated carbocycles. The largest absolute Gasteiger partial charge is 0.308 e. The van der Waals surface area contributed by atoms with Crippen LogP contribution in [0.1, 0.15) is 57.6 Å². The van der Waals surface area contributed by atoms with E-state index in [1.165, 1.54) is 37.8 Å². The Morgan fingerprint density at radius 1 is 1.29 bits per heavy atom. The van der Waals surface area contributed by atoms with Crippen LogP contribution in [-0.4, -0.2) is 30.6 Å². The van der Waals surface area contributed by atoms with E-state index in [1.54, 1.807) is 12.1 Å². The lowest BCUT2D eigenvalue weighted by Crippen LogP contribution is -2.39. The van der Waals surface area contributed by atoms with E-state index in [4.69, 9.17) is 0 Å². The molecule has 21 heavy (non-hydrogen) atoms. The van der Waals surface area contributed by atoms with Crippen LogP contribution in [0.25, 0.3) is 0 Å². The molecule has 1 aromatic rings. The highest BCUT2D eigenvalue weighted by atomic mass is 19.1. The molecule has 2 rings (SSSR count). The number of benzene rings is 1. The third-order valence-electron chi connectivity index (χ3n) is 4.62. The normalized spacial score (nSPS) is 20.8. The summed E-state index contributed by atoms with van der Waals surface area (Å²) in [5, 5.41) is 3.73. The van der Waals surface area contributed by atoms with Crippen molar-refractivity contribution < 1.29 is 4.39 Å². The molecule has 1 fully saturated rings. The molecule has 2 nitrogen and oxygen atoms in total. The maximum absolute atomic E-state index is 13.1. The quantitative estimate of drug-likeness (QED) is 0.775. The fraction of sp³-hybridized carbons (Fsp3) is 0.667. The van der Waals surface area contributed by atoms with Crippen LogP contribution in [0.3, 0.4) is 0 Å². The van der Waals surface area contributed by atoms with Crippen molar-refractivity contribution in [2.75, 3.05) is 19.6 Å². The highest BCUT2D eigenvalue weighted by Crippen LogP contribution is 2.22. The van der Waals surface area contributed by atoms with Gasteiger partial charge >= 0.3 is 0 Å². The van der Waals surface area contributed by atoms with Gasteiger partial charge in [0.15, 0.2) is 0 Å². The van der Waals surface area contributed by atoms with Crippen molar-refractivity contribution in [3.63, 3.8) is 0 Å². The van der Waals surface area contributed by atoms with Gasteiger partial charge in [-0.15, -0.1) is 0 Å². The number of nitrogens with one attached hydrogen (secondary N) is 1. The first kappa shape index (κ1) is 16.4. The Morgan fingerprint density at radius 3 is 2.71 bits per heavy atom. The highest BCUT2D eigenvalue weighted by molar-refractivity contribution is 5.20. The molecule has 1 N–H and O–H groups in total. The molecule has 1 aliphatic rings. The van der Waals surface area contributed by atoms with Gasteiger partial charge in [0.05, 0.1) is 0 Å². The Morgan fingerprint density at radius 2 is 2.05 bits per heavy atom. The number of halogens is 1. The second-order valence-corrected chi connectivity index (χ2v) is 6.08. The predicted molar refractivity (Wildman–Crippen MR) is 86.9 cm³/mol. The first-order chi connectivity index (χ1) is 10.2. The van der Waals surface area contributed by atoms with Crippen molar-refractivity contribution in [3.8, 4) is 0 Å². The Labute approximate surface area is 128 Å². The molecule has 1 aliphatic heterocycles. The number of nitrogens with zero attached hydrogens (tertiary/aromatic N) is 1. The Kier molecular flexibility index (Phi) is 6.65. The Hall–Kier alpha value is -0.930. The van der Waals surface area contributed by atoms with Crippen LogP contribution in [0.15, 0.2) is 24.3 Å². The van der Waals surface area contributed by atoms with Crippen LogP contribution in [0.4, 0.5) is 4.39 Å². The van der Waals surface area contributed by atoms with Gasteiger partial charge in [-0.2, -0.15) is 0 Å². The molecule has 0 bridgehead atoms. The van der Waals surface area contributed by atoms with Crippen molar-refractivity contribution in [3.05, 3.63) is 35.6 Å². The average Bonchev–Trinajstić information content (AvgIpc) is 2.96. The zero-order chi connectivity index (χ0) is 15.1. The van der Waals surface area contributed by atoms with Crippen molar-refractivity contribution in [2.24, 2.45) is 0 Å². The topological polar surface area (TPSA) is 15.3 Å². The van der Waals surface area contributed by atoms with E-state index in [9.17, 15) is 4.39 Å². The zero-order valence-corrected chi connectivity index (χ0v) is 13.4. The molecule has 2 atom stereocenters. The van der Waals surface area contributed by atoms with Gasteiger partial charge in [0.25, 0.3) is 0 Å². The van der Waals surface area contributed by atoms with Gasteiger partial charge in [0.2, 0.25) is 0 Å². The minimum absolute atomic E-state index is 0.152. The smallest absolute Gasteiger partial charge is 0.123 e. The molecule has 2 unspecified atom stereocenters. The van der Waals surface area contributed by atoms with E-state index in [0.29, 0.717) is 12.1 Å². The molecular weight excluding hydrogens is 263 g/mol. The van der Waals surface area contributed by atoms with Gasteiger partial charge in [-0.3, -0.25) is 4.90 Å². The summed E-state index contributed by atoms with van der Waals surface area (Å²) < 4.78 is 13.1. The van der Waals surface area contributed by atoms with E-state index in [-0.39, 0.29) is 5.82 Å². The zero-order valence-electron chi connectivity index (χ0n) is 13.4. The summed E-state index contributed by atoms with van der Waals surface area (Å²) in [5.74, 6) is -0.152. The monoisotopic (exact) mass is 292 g/mol. The van der Waals surface area contributed by atoms with Crippen LogP contribution >= 0.6 is 0 Å². The van der Waals surface area contributed by atoms with E-state index < -0.39 is 0 Å². The molecule has 0 radical (unpaired) electrons. The van der Waals surface area contributed by atoms with Crippen LogP contribution in [-0.2, 0) is 0 Å². The van der Waals surface area contributed by atoms with Crippen LogP contribution in [0.2, 0.25) is 0 Å². The molecular formula is C18H29FN2. The second-order valence-electron chi connectivity index (χ2n) is 6.08. The third-order valence-corrected chi connectivity index (χ3v) is 4.62. The maximum atomic E-state index is 13.1. The van der Waals surface area contributed by atoms with E-state index in [0.717, 1.165) is 19.5 Å². The van der Waals surface area contributed by atoms with Gasteiger partial charge in [0, 0.05) is 18.6 Å². The van der Waals surface area contributed by atoms with E-state index >= 15 is 0 Å². The predicted octanol–water partition coefficient (Wildman–Crippen LogP) is 4.13. The molecule has 3 heteroatoms. The summed E-state index contributed by atoms with van der Waals surface area (Å²) >= 11 is 0. The molecule has 0 spiro atoms. The molecule has 0 aromatic heterocycles. The number of likely N-dealkylation sites (tertiary alicyclic amines) is 1. The van der Waals surface area contributed by atoms with E-state index in [1.807, 2.05) is 12.1 Å². The molecule has 1 aromatic carbocycles. The SMILES string of the molecule is CCCCC(NCC1CCCN1CC)c1ccc(F)cc1. The van der Waals surface area contributed by atoms with Crippen molar-refractivity contribution in [2.45, 2.75) is 58.0 Å². The molecule has 118 valence electrons. The Balaban J connectivity index is 1.94. The first-order valence-corrected chi connectivity index (χ1v) is 8.47. The Bertz CT molecular complexity index is 404. The highest BCUT2D eigenvalue weighted by Gasteiger charge is 2.23. The van der Waals surface area contributed by atoms with Gasteiger partial charge in [0.1, 0.15) is 5.82 Å². The summed E-state index contributed by atoms with van der Waals surface area (Å²) in [7, 11) is 0. The van der Waals surface area contributed by atoms with Crippen LogP contribution in [0, 0.1) is 5.82 Å². The standard InChI is InChI=1S/C18H29FN2/c1-3-5-8-18(15-9-11-16(19)12-10-15)20-14-17-7-6-13-21(17)4-2/h9-12,17-18,20H,3-8,13-14H2,1-2H3. The minimum Gasteiger partial charge on any atom is -0.308 e. The number of likely N-dealkylation sites (N-methyl/N-ethyl adjacent to an activating group) is 1. The minimum atomic E-state index is -0.152. The molecule has 0 amide bonds. The van der Waals surface area contributed by atoms with Crippen molar-refractivity contribution in [1.82, 2.24) is 10.2 Å². The lowest BCUT2D eigenvalue weighted by Gasteiger charge is -2.26. The lowest BCUT2D eigenvalue weighted by atomic mass is 10.0. The average molecular weight is 292 g/mol. The van der Waals surface area contributed by atoms with Crippen molar-refractivity contribution >= 4 is 0 Å². The second kappa shape index (κ2) is 8.50. The maximum Gasteiger partial charge on any atom is 0.123 e. The summed E-state index contributed by atoms with van der Waals surface area (Å²) in [4.78, 5) is 2.56. The first-order valence-electron chi connectivity index (χ1n) is 8.47. The van der Waals surface area contributed by atoms with Gasteiger partial charge in [-0.1, -0.05) is 38.8 Å². The summed E-state index contributed by atoms with van der Waals surface area (Å²) in [6.07, 6.45) is 6.14. The summed E-state index contributed by atoms with van der Waals surface area (Å²) in [6.45, 7) is 7.88. The summed E-state index contributed by atoms with van der Waals surface area (Å²) in [5.41, 5.74) is 1.21. The number of hydrogen-bond acceptors (Lipinski definition) is 2. The van der Waals surface area contributed by atoms with Crippen molar-refractivity contribution in [1.29, 1.82) is 0 Å². The molecule has 0 aliphatic carbocycles. The van der Waals surface area contributed by atoms with Crippen LogP contribution < -0.4 is 5.32 Å². The number of unbranched alkanes of at least 4 members (excludes halogenated alkanes) is 1.